The fraction of sp³-hybridized carbons (Fsp3) is 0. The van der Waals surface area contributed by atoms with Crippen molar-refractivity contribution >= 4 is 17.9 Å². The summed E-state index contributed by atoms with van der Waals surface area (Å²) < 4.78 is 0. The van der Waals surface area contributed by atoms with E-state index in [1.807, 2.05) is 0 Å². The lowest BCUT2D eigenvalue weighted by Crippen LogP contribution is -2.21. The van der Waals surface area contributed by atoms with Gasteiger partial charge in [-0.3, -0.25) is 10.1 Å². The highest BCUT2D eigenvalue weighted by molar-refractivity contribution is 5.87. The Morgan fingerprint density at radius 3 is 2.76 bits per heavy atom. The molecule has 0 heterocycles. The molecule has 1 aromatic carbocycles. The van der Waals surface area contributed by atoms with Crippen LogP contribution in [0, 0.1) is 21.4 Å². The van der Waals surface area contributed by atoms with Crippen LogP contribution in [0.15, 0.2) is 28.4 Å². The zero-order chi connectivity index (χ0) is 12.8. The number of guanidine groups is 1. The first kappa shape index (κ1) is 12.1. The summed E-state index contributed by atoms with van der Waals surface area (Å²) in [6, 6.07) is 6.01. The topological polar surface area (TPSA) is 144 Å². The van der Waals surface area contributed by atoms with Crippen LogP contribution >= 0.6 is 0 Å². The molecule has 0 saturated heterocycles. The molecule has 4 N–H and O–H groups in total. The Bertz CT molecular complexity index is 539. The van der Waals surface area contributed by atoms with Gasteiger partial charge in [-0.2, -0.15) is 10.4 Å². The minimum absolute atomic E-state index is 0.0522. The molecule has 1 rings (SSSR count). The van der Waals surface area contributed by atoms with Crippen molar-refractivity contribution in [3.05, 3.63) is 39.4 Å². The fourth-order valence-corrected chi connectivity index (χ4v) is 1.12. The quantitative estimate of drug-likeness (QED) is 0.328. The van der Waals surface area contributed by atoms with E-state index in [-0.39, 0.29) is 22.8 Å². The zero-order valence-corrected chi connectivity index (χ0v) is 8.57. The molecule has 0 aliphatic heterocycles. The normalized spacial score (nSPS) is 9.82. The molecule has 86 valence electrons. The molecule has 0 radical (unpaired) electrons. The van der Waals surface area contributed by atoms with Crippen molar-refractivity contribution in [2.24, 2.45) is 21.7 Å². The third kappa shape index (κ3) is 3.00. The molecule has 0 amide bonds. The van der Waals surface area contributed by atoms with Gasteiger partial charge in [-0.1, -0.05) is 6.07 Å². The number of nitrogens with zero attached hydrogens (tertiary/aromatic N) is 4. The highest BCUT2D eigenvalue weighted by Crippen LogP contribution is 2.21. The van der Waals surface area contributed by atoms with Crippen LogP contribution in [0.25, 0.3) is 0 Å². The SMILES string of the molecule is N#Cc1cccc(C=NN=C(N)N)c1[N+](=O)[O-]. The molecular weight excluding hydrogens is 224 g/mol. The van der Waals surface area contributed by atoms with Crippen molar-refractivity contribution < 1.29 is 4.92 Å². The Morgan fingerprint density at radius 1 is 1.53 bits per heavy atom. The molecule has 0 aromatic heterocycles. The molecule has 0 bridgehead atoms. The highest BCUT2D eigenvalue weighted by Gasteiger charge is 2.17. The molecule has 0 unspecified atom stereocenters. The van der Waals surface area contributed by atoms with Crippen molar-refractivity contribution in [3.8, 4) is 6.07 Å². The van der Waals surface area contributed by atoms with Crippen LogP contribution < -0.4 is 11.5 Å². The van der Waals surface area contributed by atoms with E-state index >= 15 is 0 Å². The monoisotopic (exact) mass is 232 g/mol. The van der Waals surface area contributed by atoms with Gasteiger partial charge in [0.1, 0.15) is 11.6 Å². The van der Waals surface area contributed by atoms with Crippen molar-refractivity contribution in [1.29, 1.82) is 5.26 Å². The van der Waals surface area contributed by atoms with Gasteiger partial charge in [0.15, 0.2) is 0 Å². The van der Waals surface area contributed by atoms with E-state index < -0.39 is 4.92 Å². The molecule has 17 heavy (non-hydrogen) atoms. The summed E-state index contributed by atoms with van der Waals surface area (Å²) in [5.74, 6) is -0.264. The third-order valence-electron chi connectivity index (χ3n) is 1.74. The molecule has 0 aliphatic rings. The van der Waals surface area contributed by atoms with E-state index in [9.17, 15) is 10.1 Å². The van der Waals surface area contributed by atoms with Gasteiger partial charge in [0.05, 0.1) is 16.7 Å². The first-order valence-corrected chi connectivity index (χ1v) is 4.35. The Labute approximate surface area is 96.0 Å². The van der Waals surface area contributed by atoms with Crippen molar-refractivity contribution in [2.45, 2.75) is 0 Å². The van der Waals surface area contributed by atoms with Crippen LogP contribution in [-0.4, -0.2) is 17.1 Å². The number of hydrogen-bond donors (Lipinski definition) is 2. The Kier molecular flexibility index (Phi) is 3.72. The van der Waals surface area contributed by atoms with Crippen LogP contribution in [-0.2, 0) is 0 Å². The van der Waals surface area contributed by atoms with Crippen molar-refractivity contribution in [2.75, 3.05) is 0 Å². The van der Waals surface area contributed by atoms with Gasteiger partial charge < -0.3 is 11.5 Å². The smallest absolute Gasteiger partial charge is 0.295 e. The molecule has 0 atom stereocenters. The van der Waals surface area contributed by atoms with E-state index in [2.05, 4.69) is 10.2 Å². The van der Waals surface area contributed by atoms with Gasteiger partial charge in [-0.15, -0.1) is 5.10 Å². The van der Waals surface area contributed by atoms with Gasteiger partial charge in [0.2, 0.25) is 5.96 Å². The second-order valence-corrected chi connectivity index (χ2v) is 2.88. The maximum absolute atomic E-state index is 10.8. The summed E-state index contributed by atoms with van der Waals surface area (Å²) >= 11 is 0. The molecule has 0 aliphatic carbocycles. The molecule has 1 aromatic rings. The average molecular weight is 232 g/mol. The summed E-state index contributed by atoms with van der Waals surface area (Å²) in [7, 11) is 0. The first-order chi connectivity index (χ1) is 8.06. The summed E-state index contributed by atoms with van der Waals surface area (Å²) in [6.45, 7) is 0. The number of nitrogens with two attached hydrogens (primary N) is 2. The van der Waals surface area contributed by atoms with Gasteiger partial charge in [0, 0.05) is 0 Å². The molecule has 8 nitrogen and oxygen atoms in total. The largest absolute Gasteiger partial charge is 0.369 e. The van der Waals surface area contributed by atoms with Crippen LogP contribution in [0.1, 0.15) is 11.1 Å². The van der Waals surface area contributed by atoms with Gasteiger partial charge in [-0.05, 0) is 12.1 Å². The van der Waals surface area contributed by atoms with Crippen molar-refractivity contribution in [1.82, 2.24) is 0 Å². The van der Waals surface area contributed by atoms with Crippen LogP contribution in [0.3, 0.4) is 0 Å². The lowest BCUT2D eigenvalue weighted by atomic mass is 10.1. The number of para-hydroxylation sites is 1. The summed E-state index contributed by atoms with van der Waals surface area (Å²) in [4.78, 5) is 10.1. The third-order valence-corrected chi connectivity index (χ3v) is 1.74. The average Bonchev–Trinajstić information content (AvgIpc) is 2.27. The second kappa shape index (κ2) is 5.22. The summed E-state index contributed by atoms with van der Waals surface area (Å²) in [5, 5.41) is 26.3. The van der Waals surface area contributed by atoms with Crippen LogP contribution in [0.4, 0.5) is 5.69 Å². The zero-order valence-electron chi connectivity index (χ0n) is 8.57. The number of nitriles is 1. The summed E-state index contributed by atoms with van der Waals surface area (Å²) in [5.41, 5.74) is 9.85. The van der Waals surface area contributed by atoms with E-state index in [4.69, 9.17) is 16.7 Å². The first-order valence-electron chi connectivity index (χ1n) is 4.35. The van der Waals surface area contributed by atoms with E-state index in [1.165, 1.54) is 18.2 Å². The minimum atomic E-state index is -0.657. The fourth-order valence-electron chi connectivity index (χ4n) is 1.12. The number of hydrogen-bond acceptors (Lipinski definition) is 5. The molecule has 0 spiro atoms. The second-order valence-electron chi connectivity index (χ2n) is 2.88. The molecule has 0 fully saturated rings. The van der Waals surface area contributed by atoms with Gasteiger partial charge >= 0.3 is 0 Å². The van der Waals surface area contributed by atoms with Crippen molar-refractivity contribution in [3.63, 3.8) is 0 Å². The molecular formula is C9H8N6O2. The number of nitro groups is 1. The lowest BCUT2D eigenvalue weighted by Gasteiger charge is -1.97. The Balaban J connectivity index is 3.26. The number of rotatable bonds is 3. The Hall–Kier alpha value is -2.95. The number of benzene rings is 1. The van der Waals surface area contributed by atoms with Crippen LogP contribution in [0.2, 0.25) is 0 Å². The van der Waals surface area contributed by atoms with Crippen LogP contribution in [0.5, 0.6) is 0 Å². The maximum atomic E-state index is 10.8. The molecule has 8 heteroatoms. The standard InChI is InChI=1S/C9H8N6O2/c10-4-6-2-1-3-7(8(6)15(16)17)5-13-14-9(11)12/h1-3,5H,(H4,11,12,14). The molecule has 0 saturated carbocycles. The maximum Gasteiger partial charge on any atom is 0.295 e. The number of nitro benzene ring substituents is 1. The van der Waals surface area contributed by atoms with E-state index in [0.717, 1.165) is 6.21 Å². The predicted molar refractivity (Wildman–Crippen MR) is 61.2 cm³/mol. The highest BCUT2D eigenvalue weighted by atomic mass is 16.6. The summed E-state index contributed by atoms with van der Waals surface area (Å²) in [6.07, 6.45) is 1.11. The van der Waals surface area contributed by atoms with E-state index in [1.54, 1.807) is 6.07 Å². The van der Waals surface area contributed by atoms with Gasteiger partial charge in [-0.25, -0.2) is 0 Å². The van der Waals surface area contributed by atoms with E-state index in [0.29, 0.717) is 0 Å². The minimum Gasteiger partial charge on any atom is -0.369 e. The lowest BCUT2D eigenvalue weighted by molar-refractivity contribution is -0.385. The predicted octanol–water partition coefficient (Wildman–Crippen LogP) is 0.0738. The Morgan fingerprint density at radius 2 is 2.24 bits per heavy atom. The van der Waals surface area contributed by atoms with Gasteiger partial charge in [0.25, 0.3) is 5.69 Å².